The fraction of sp³-hybridized carbons (Fsp3) is 0.357. The average Bonchev–Trinajstić information content (AvgIpc) is 2.89. The number of anilines is 1. The van der Waals surface area contributed by atoms with Crippen LogP contribution in [-0.4, -0.2) is 14.8 Å². The highest BCUT2D eigenvalue weighted by Crippen LogP contribution is 2.30. The van der Waals surface area contributed by atoms with Crippen LogP contribution in [0.15, 0.2) is 12.1 Å². The Labute approximate surface area is 136 Å². The van der Waals surface area contributed by atoms with Crippen LogP contribution in [-0.2, 0) is 19.6 Å². The number of nitrogen functional groups attached to an aromatic ring is 1. The van der Waals surface area contributed by atoms with Crippen molar-refractivity contribution in [3.63, 3.8) is 0 Å². The van der Waals surface area contributed by atoms with Crippen LogP contribution in [0.4, 0.5) is 5.69 Å². The van der Waals surface area contributed by atoms with E-state index in [1.807, 2.05) is 0 Å². The third-order valence-electron chi connectivity index (χ3n) is 3.48. The lowest BCUT2D eigenvalue weighted by Crippen LogP contribution is -2.15. The average molecular weight is 395 g/mol. The molecule has 0 aliphatic carbocycles. The van der Waals surface area contributed by atoms with Gasteiger partial charge in [-0.1, -0.05) is 0 Å². The number of nitrogens with zero attached hydrogens (tertiary/aromatic N) is 4. The maximum Gasteiger partial charge on any atom is 0.171 e. The molecule has 0 atom stereocenters. The largest absolute Gasteiger partial charge is 0.482 e. The minimum absolute atomic E-state index is 0.332. The molecule has 0 saturated carbocycles. The van der Waals surface area contributed by atoms with Crippen molar-refractivity contribution in [3.05, 3.63) is 32.9 Å². The maximum absolute atomic E-state index is 8.92. The summed E-state index contributed by atoms with van der Waals surface area (Å²) in [7, 11) is 0. The first-order chi connectivity index (χ1) is 10.2. The van der Waals surface area contributed by atoms with Gasteiger partial charge in [-0.05, 0) is 47.6 Å². The number of halogens is 1. The van der Waals surface area contributed by atoms with Crippen molar-refractivity contribution in [1.29, 1.82) is 5.26 Å². The van der Waals surface area contributed by atoms with Gasteiger partial charge in [-0.2, -0.15) is 5.26 Å². The molecule has 0 bridgehead atoms. The Bertz CT molecular complexity index is 696. The highest BCUT2D eigenvalue weighted by atomic mass is 127. The summed E-state index contributed by atoms with van der Waals surface area (Å²) in [5.74, 6) is 2.45. The normalized spacial score (nSPS) is 13.5. The summed E-state index contributed by atoms with van der Waals surface area (Å²) < 4.78 is 8.76. The van der Waals surface area contributed by atoms with Gasteiger partial charge in [-0.25, -0.2) is 0 Å². The van der Waals surface area contributed by atoms with Crippen molar-refractivity contribution in [2.24, 2.45) is 0 Å². The molecule has 7 heteroatoms. The van der Waals surface area contributed by atoms with E-state index in [9.17, 15) is 0 Å². The smallest absolute Gasteiger partial charge is 0.171 e. The molecule has 0 unspecified atom stereocenters. The number of benzene rings is 1. The standard InChI is InChI=1S/C14H14IN5O/c15-10-5-9(7-16)6-11(17)14(10)21-8-13-19-18-12-3-1-2-4-20(12)13/h5-6H,1-4,8,17H2. The fourth-order valence-electron chi connectivity index (χ4n) is 2.44. The van der Waals surface area contributed by atoms with E-state index in [4.69, 9.17) is 15.7 Å². The SMILES string of the molecule is N#Cc1cc(N)c(OCc2nnc3n2CCCC3)c(I)c1. The van der Waals surface area contributed by atoms with Crippen molar-refractivity contribution >= 4 is 28.3 Å². The zero-order valence-corrected chi connectivity index (χ0v) is 13.5. The molecule has 2 N–H and O–H groups in total. The van der Waals surface area contributed by atoms with Gasteiger partial charge >= 0.3 is 0 Å². The number of aryl methyl sites for hydroxylation is 1. The number of ether oxygens (including phenoxy) is 1. The van der Waals surface area contributed by atoms with Crippen LogP contribution in [0.5, 0.6) is 5.75 Å². The number of nitriles is 1. The first kappa shape index (κ1) is 14.1. The van der Waals surface area contributed by atoms with Gasteiger partial charge in [0.05, 0.1) is 20.9 Å². The van der Waals surface area contributed by atoms with Crippen LogP contribution in [0.25, 0.3) is 0 Å². The molecular weight excluding hydrogens is 381 g/mol. The van der Waals surface area contributed by atoms with E-state index in [2.05, 4.69) is 43.4 Å². The number of hydrogen-bond donors (Lipinski definition) is 1. The van der Waals surface area contributed by atoms with Gasteiger partial charge in [0.25, 0.3) is 0 Å². The Hall–Kier alpha value is -1.82. The second kappa shape index (κ2) is 5.89. The lowest BCUT2D eigenvalue weighted by atomic mass is 10.2. The Kier molecular flexibility index (Phi) is 3.96. The summed E-state index contributed by atoms with van der Waals surface area (Å²) in [6.07, 6.45) is 3.29. The minimum Gasteiger partial charge on any atom is -0.482 e. The molecule has 0 spiro atoms. The summed E-state index contributed by atoms with van der Waals surface area (Å²) >= 11 is 2.12. The van der Waals surface area contributed by atoms with E-state index in [0.29, 0.717) is 23.6 Å². The van der Waals surface area contributed by atoms with Gasteiger partial charge < -0.3 is 15.0 Å². The number of aromatic nitrogens is 3. The molecule has 0 amide bonds. The Morgan fingerprint density at radius 1 is 1.38 bits per heavy atom. The fourth-order valence-corrected chi connectivity index (χ4v) is 3.25. The van der Waals surface area contributed by atoms with E-state index >= 15 is 0 Å². The summed E-state index contributed by atoms with van der Waals surface area (Å²) in [6.45, 7) is 1.28. The molecule has 3 rings (SSSR count). The molecule has 2 heterocycles. The molecule has 1 aliphatic heterocycles. The second-order valence-corrected chi connectivity index (χ2v) is 6.08. The molecule has 2 aromatic rings. The van der Waals surface area contributed by atoms with Gasteiger partial charge in [0.1, 0.15) is 12.4 Å². The minimum atomic E-state index is 0.332. The summed E-state index contributed by atoms with van der Waals surface area (Å²) in [5, 5.41) is 17.3. The van der Waals surface area contributed by atoms with Gasteiger partial charge in [0.15, 0.2) is 11.6 Å². The number of hydrogen-bond acceptors (Lipinski definition) is 5. The third-order valence-corrected chi connectivity index (χ3v) is 4.28. The molecule has 1 aromatic carbocycles. The Morgan fingerprint density at radius 3 is 3.00 bits per heavy atom. The molecule has 6 nitrogen and oxygen atoms in total. The van der Waals surface area contributed by atoms with Crippen LogP contribution in [0.2, 0.25) is 0 Å². The van der Waals surface area contributed by atoms with Gasteiger partial charge in [-0.3, -0.25) is 0 Å². The molecule has 1 aromatic heterocycles. The third kappa shape index (κ3) is 2.81. The highest BCUT2D eigenvalue weighted by Gasteiger charge is 2.17. The highest BCUT2D eigenvalue weighted by molar-refractivity contribution is 14.1. The molecule has 0 saturated heterocycles. The molecule has 1 aliphatic rings. The number of fused-ring (bicyclic) bond motifs is 1. The van der Waals surface area contributed by atoms with Crippen molar-refractivity contribution in [3.8, 4) is 11.8 Å². The lowest BCUT2D eigenvalue weighted by Gasteiger charge is -2.15. The zero-order chi connectivity index (χ0) is 14.8. The predicted molar refractivity (Wildman–Crippen MR) is 85.6 cm³/mol. The predicted octanol–water partition coefficient (Wildman–Crippen LogP) is 2.25. The van der Waals surface area contributed by atoms with E-state index in [1.165, 1.54) is 6.42 Å². The first-order valence-electron chi connectivity index (χ1n) is 6.72. The van der Waals surface area contributed by atoms with Crippen LogP contribution in [0, 0.1) is 14.9 Å². The maximum atomic E-state index is 8.92. The van der Waals surface area contributed by atoms with Crippen molar-refractivity contribution < 1.29 is 4.74 Å². The Balaban J connectivity index is 1.80. The quantitative estimate of drug-likeness (QED) is 0.636. The lowest BCUT2D eigenvalue weighted by molar-refractivity contribution is 0.285. The van der Waals surface area contributed by atoms with E-state index in [1.54, 1.807) is 12.1 Å². The summed E-state index contributed by atoms with van der Waals surface area (Å²) in [5.41, 5.74) is 6.95. The summed E-state index contributed by atoms with van der Waals surface area (Å²) in [4.78, 5) is 0. The van der Waals surface area contributed by atoms with Gasteiger partial charge in [-0.15, -0.1) is 10.2 Å². The van der Waals surface area contributed by atoms with Crippen molar-refractivity contribution in [2.75, 3.05) is 5.73 Å². The topological polar surface area (TPSA) is 89.8 Å². The molecular formula is C14H14IN5O. The van der Waals surface area contributed by atoms with E-state index in [0.717, 1.165) is 34.6 Å². The number of rotatable bonds is 3. The molecule has 108 valence electrons. The number of nitrogens with two attached hydrogens (primary N) is 1. The van der Waals surface area contributed by atoms with Crippen LogP contribution >= 0.6 is 22.6 Å². The Morgan fingerprint density at radius 2 is 2.24 bits per heavy atom. The summed E-state index contributed by atoms with van der Waals surface area (Å²) in [6, 6.07) is 5.46. The van der Waals surface area contributed by atoms with Gasteiger partial charge in [0, 0.05) is 13.0 Å². The van der Waals surface area contributed by atoms with Gasteiger partial charge in [0.2, 0.25) is 0 Å². The van der Waals surface area contributed by atoms with Crippen LogP contribution < -0.4 is 10.5 Å². The van der Waals surface area contributed by atoms with Crippen molar-refractivity contribution in [2.45, 2.75) is 32.4 Å². The van der Waals surface area contributed by atoms with Crippen LogP contribution in [0.1, 0.15) is 30.1 Å². The van der Waals surface area contributed by atoms with E-state index < -0.39 is 0 Å². The van der Waals surface area contributed by atoms with Crippen molar-refractivity contribution in [1.82, 2.24) is 14.8 Å². The van der Waals surface area contributed by atoms with Crippen LogP contribution in [0.3, 0.4) is 0 Å². The molecule has 21 heavy (non-hydrogen) atoms. The molecule has 0 radical (unpaired) electrons. The zero-order valence-electron chi connectivity index (χ0n) is 11.3. The van der Waals surface area contributed by atoms with E-state index in [-0.39, 0.29) is 0 Å². The molecule has 0 fully saturated rings. The first-order valence-corrected chi connectivity index (χ1v) is 7.80. The monoisotopic (exact) mass is 395 g/mol. The second-order valence-electron chi connectivity index (χ2n) is 4.92.